The normalized spacial score (nSPS) is 20.2. The first-order valence-corrected chi connectivity index (χ1v) is 8.76. The molecule has 1 aliphatic carbocycles. The predicted molar refractivity (Wildman–Crippen MR) is 99.7 cm³/mol. The highest BCUT2D eigenvalue weighted by Gasteiger charge is 2.33. The molecule has 0 spiro atoms. The second kappa shape index (κ2) is 7.58. The number of hydrogen-bond acceptors (Lipinski definition) is 2. The third kappa shape index (κ3) is 5.25. The van der Waals surface area contributed by atoms with E-state index in [2.05, 4.69) is 48.5 Å². The Balaban J connectivity index is 3.32. The van der Waals surface area contributed by atoms with Crippen LogP contribution in [0.4, 0.5) is 0 Å². The standard InChI is InChI=1S/C21H33O3/c1-8-9-10-15(19(23)24)11-14-12-16(20(2,3)4)18(22)17(13-14)21(5,6)7/h11-12,14,22H,1,8-10,13H2,2-7H3,(H,23,24). The Morgan fingerprint density at radius 2 is 1.83 bits per heavy atom. The Morgan fingerprint density at radius 1 is 1.25 bits per heavy atom. The van der Waals surface area contributed by atoms with Crippen molar-refractivity contribution < 1.29 is 15.0 Å². The molecule has 0 saturated carbocycles. The van der Waals surface area contributed by atoms with Crippen molar-refractivity contribution in [1.82, 2.24) is 0 Å². The van der Waals surface area contributed by atoms with Crippen LogP contribution >= 0.6 is 0 Å². The lowest BCUT2D eigenvalue weighted by Crippen LogP contribution is -2.24. The molecule has 1 atom stereocenters. The van der Waals surface area contributed by atoms with E-state index >= 15 is 0 Å². The van der Waals surface area contributed by atoms with Gasteiger partial charge in [-0.1, -0.05) is 67.0 Å². The molecule has 3 heteroatoms. The summed E-state index contributed by atoms with van der Waals surface area (Å²) in [5.74, 6) is -0.472. The summed E-state index contributed by atoms with van der Waals surface area (Å²) in [7, 11) is 0. The van der Waals surface area contributed by atoms with Crippen LogP contribution in [0.5, 0.6) is 0 Å². The van der Waals surface area contributed by atoms with Gasteiger partial charge < -0.3 is 10.2 Å². The third-order valence-electron chi connectivity index (χ3n) is 4.46. The summed E-state index contributed by atoms with van der Waals surface area (Å²) in [4.78, 5) is 11.5. The second-order valence-corrected chi connectivity index (χ2v) is 8.73. The van der Waals surface area contributed by atoms with E-state index in [4.69, 9.17) is 0 Å². The van der Waals surface area contributed by atoms with Gasteiger partial charge in [0.15, 0.2) is 0 Å². The molecule has 0 fully saturated rings. The minimum Gasteiger partial charge on any atom is -0.508 e. The lowest BCUT2D eigenvalue weighted by Gasteiger charge is -2.35. The van der Waals surface area contributed by atoms with Gasteiger partial charge in [0.2, 0.25) is 0 Å². The summed E-state index contributed by atoms with van der Waals surface area (Å²) < 4.78 is 0. The van der Waals surface area contributed by atoms with Crippen molar-refractivity contribution in [3.63, 3.8) is 0 Å². The Morgan fingerprint density at radius 3 is 2.25 bits per heavy atom. The fourth-order valence-corrected chi connectivity index (χ4v) is 3.06. The molecular weight excluding hydrogens is 300 g/mol. The Kier molecular flexibility index (Phi) is 6.49. The van der Waals surface area contributed by atoms with Gasteiger partial charge in [-0.05, 0) is 41.2 Å². The van der Waals surface area contributed by atoms with Crippen LogP contribution in [0.1, 0.15) is 67.2 Å². The minimum absolute atomic E-state index is 0.000246. The van der Waals surface area contributed by atoms with E-state index in [0.29, 0.717) is 24.2 Å². The zero-order valence-corrected chi connectivity index (χ0v) is 16.1. The second-order valence-electron chi connectivity index (χ2n) is 8.73. The average molecular weight is 333 g/mol. The maximum atomic E-state index is 11.5. The van der Waals surface area contributed by atoms with Gasteiger partial charge >= 0.3 is 5.97 Å². The number of rotatable bonds is 5. The van der Waals surface area contributed by atoms with Gasteiger partial charge in [-0.25, -0.2) is 4.79 Å². The van der Waals surface area contributed by atoms with Crippen molar-refractivity contribution >= 4 is 5.97 Å². The van der Waals surface area contributed by atoms with Crippen LogP contribution in [0.25, 0.3) is 0 Å². The van der Waals surface area contributed by atoms with Crippen LogP contribution < -0.4 is 0 Å². The Labute approximate surface area is 147 Å². The van der Waals surface area contributed by atoms with Crippen LogP contribution in [-0.2, 0) is 4.79 Å². The number of carboxylic acids is 1. The topological polar surface area (TPSA) is 57.5 Å². The fraction of sp³-hybridized carbons (Fsp3) is 0.619. The molecule has 24 heavy (non-hydrogen) atoms. The van der Waals surface area contributed by atoms with Gasteiger partial charge in [-0.2, -0.15) is 0 Å². The molecule has 0 aliphatic heterocycles. The first-order chi connectivity index (χ1) is 10.9. The smallest absolute Gasteiger partial charge is 0.331 e. The summed E-state index contributed by atoms with van der Waals surface area (Å²) in [5, 5.41) is 20.2. The molecule has 135 valence electrons. The average Bonchev–Trinajstić information content (AvgIpc) is 2.41. The van der Waals surface area contributed by atoms with E-state index in [9.17, 15) is 15.0 Å². The highest BCUT2D eigenvalue weighted by molar-refractivity contribution is 5.86. The van der Waals surface area contributed by atoms with Gasteiger partial charge in [0.05, 0.1) is 0 Å². The van der Waals surface area contributed by atoms with Gasteiger partial charge in [-0.3, -0.25) is 0 Å². The van der Waals surface area contributed by atoms with Gasteiger partial charge in [0.1, 0.15) is 5.76 Å². The highest BCUT2D eigenvalue weighted by Crippen LogP contribution is 2.44. The summed E-state index contributed by atoms with van der Waals surface area (Å²) in [6.07, 6.45) is 6.60. The van der Waals surface area contributed by atoms with Crippen LogP contribution in [-0.4, -0.2) is 16.2 Å². The number of aliphatic hydroxyl groups excluding tert-OH is 1. The Bertz CT molecular complexity index is 563. The van der Waals surface area contributed by atoms with Gasteiger partial charge in [0, 0.05) is 11.5 Å². The van der Waals surface area contributed by atoms with Crippen molar-refractivity contribution in [2.45, 2.75) is 67.2 Å². The number of carbonyl (C=O) groups is 1. The third-order valence-corrected chi connectivity index (χ3v) is 4.46. The number of aliphatic hydroxyl groups is 1. The summed E-state index contributed by atoms with van der Waals surface area (Å²) in [5.41, 5.74) is 2.00. The van der Waals surface area contributed by atoms with Crippen LogP contribution in [0, 0.1) is 23.7 Å². The monoisotopic (exact) mass is 333 g/mol. The van der Waals surface area contributed by atoms with Crippen LogP contribution in [0.3, 0.4) is 0 Å². The zero-order chi connectivity index (χ0) is 18.7. The molecular formula is C21H33O3. The SMILES string of the molecule is [CH2]CCCC(=CC1C=C(C(C)(C)C)C(O)=C(C(C)(C)C)C1)C(=O)O. The molecule has 0 aromatic heterocycles. The summed E-state index contributed by atoms with van der Waals surface area (Å²) >= 11 is 0. The largest absolute Gasteiger partial charge is 0.508 e. The quantitative estimate of drug-likeness (QED) is 0.620. The number of unbranched alkanes of at least 4 members (excludes halogenated alkanes) is 1. The molecule has 1 rings (SSSR count). The lowest BCUT2D eigenvalue weighted by atomic mass is 9.71. The van der Waals surface area contributed by atoms with Crippen LogP contribution in [0.2, 0.25) is 0 Å². The highest BCUT2D eigenvalue weighted by atomic mass is 16.4. The van der Waals surface area contributed by atoms with Gasteiger partial charge in [-0.15, -0.1) is 0 Å². The van der Waals surface area contributed by atoms with E-state index in [1.165, 1.54) is 0 Å². The lowest BCUT2D eigenvalue weighted by molar-refractivity contribution is -0.132. The van der Waals surface area contributed by atoms with E-state index < -0.39 is 5.97 Å². The predicted octanol–water partition coefficient (Wildman–Crippen LogP) is 5.85. The molecule has 2 N–H and O–H groups in total. The van der Waals surface area contributed by atoms with Crippen molar-refractivity contribution in [3.8, 4) is 0 Å². The Hall–Kier alpha value is -1.51. The summed E-state index contributed by atoms with van der Waals surface area (Å²) in [6.45, 7) is 16.3. The van der Waals surface area contributed by atoms with Crippen molar-refractivity contribution in [3.05, 3.63) is 41.6 Å². The first-order valence-electron chi connectivity index (χ1n) is 8.76. The van der Waals surface area contributed by atoms with E-state index in [1.807, 2.05) is 12.2 Å². The zero-order valence-electron chi connectivity index (χ0n) is 16.1. The number of aliphatic carboxylic acids is 1. The first kappa shape index (κ1) is 20.5. The molecule has 0 aromatic carbocycles. The van der Waals surface area contributed by atoms with Crippen molar-refractivity contribution in [1.29, 1.82) is 0 Å². The summed E-state index contributed by atoms with van der Waals surface area (Å²) in [6, 6.07) is 0. The molecule has 0 saturated heterocycles. The molecule has 1 unspecified atom stereocenters. The number of allylic oxidation sites excluding steroid dienone is 4. The minimum atomic E-state index is -0.856. The van der Waals surface area contributed by atoms with E-state index in [-0.39, 0.29) is 16.7 Å². The fourth-order valence-electron chi connectivity index (χ4n) is 3.06. The maximum Gasteiger partial charge on any atom is 0.331 e. The molecule has 1 radical (unpaired) electrons. The van der Waals surface area contributed by atoms with Gasteiger partial charge in [0.25, 0.3) is 0 Å². The molecule has 0 bridgehead atoms. The molecule has 3 nitrogen and oxygen atoms in total. The molecule has 0 amide bonds. The van der Waals surface area contributed by atoms with E-state index in [1.54, 1.807) is 0 Å². The molecule has 0 heterocycles. The molecule has 0 aromatic rings. The maximum absolute atomic E-state index is 11.5. The van der Waals surface area contributed by atoms with Crippen molar-refractivity contribution in [2.24, 2.45) is 16.7 Å². The van der Waals surface area contributed by atoms with Crippen molar-refractivity contribution in [2.75, 3.05) is 0 Å². The number of hydrogen-bond donors (Lipinski definition) is 2. The molecule has 1 aliphatic rings. The van der Waals surface area contributed by atoms with Crippen LogP contribution in [0.15, 0.2) is 34.6 Å². The van der Waals surface area contributed by atoms with E-state index in [0.717, 1.165) is 24.0 Å². The number of carboxylic acid groups (broad SMARTS) is 1.